The number of rotatable bonds is 9. The first-order valence-electron chi connectivity index (χ1n) is 14.3. The quantitative estimate of drug-likeness (QED) is 0.448. The molecule has 2 aliphatic heterocycles. The molecule has 0 spiro atoms. The normalized spacial score (nSPS) is 25.0. The number of benzene rings is 1. The van der Waals surface area contributed by atoms with Crippen LogP contribution in [0.5, 0.6) is 0 Å². The summed E-state index contributed by atoms with van der Waals surface area (Å²) in [6.07, 6.45) is 13.6. The molecule has 2 atom stereocenters. The summed E-state index contributed by atoms with van der Waals surface area (Å²) in [5.74, 6) is 0.945. The van der Waals surface area contributed by atoms with Crippen molar-refractivity contribution in [1.29, 1.82) is 0 Å². The summed E-state index contributed by atoms with van der Waals surface area (Å²) in [4.78, 5) is 29.3. The lowest BCUT2D eigenvalue weighted by Gasteiger charge is -2.40. The number of carbonyl (C=O) groups excluding carboxylic acids is 2. The second kappa shape index (κ2) is 12.0. The molecule has 2 unspecified atom stereocenters. The average Bonchev–Trinajstić information content (AvgIpc) is 3.07. The molecule has 2 saturated heterocycles. The third-order valence-electron chi connectivity index (χ3n) is 8.57. The second-order valence-corrected chi connectivity index (χ2v) is 12.4. The van der Waals surface area contributed by atoms with Gasteiger partial charge in [0.05, 0.1) is 0 Å². The van der Waals surface area contributed by atoms with Gasteiger partial charge >= 0.3 is 6.09 Å². The van der Waals surface area contributed by atoms with Crippen LogP contribution in [0.1, 0.15) is 113 Å². The van der Waals surface area contributed by atoms with Crippen LogP contribution in [0.2, 0.25) is 0 Å². The van der Waals surface area contributed by atoms with E-state index in [1.807, 2.05) is 37.8 Å². The fourth-order valence-corrected chi connectivity index (χ4v) is 6.76. The largest absolute Gasteiger partial charge is 0.444 e. The van der Waals surface area contributed by atoms with Crippen LogP contribution in [0.4, 0.5) is 4.79 Å². The SMILES string of the molecule is CC(C)(C)OC(=O)N(CCCC1CCCCC1)CCN1C2CCC1CC(c1cccc(C(N)=O)c1)C2. The minimum atomic E-state index is -0.477. The van der Waals surface area contributed by atoms with Crippen LogP contribution in [-0.2, 0) is 4.74 Å². The molecule has 2 N–H and O–H groups in total. The van der Waals surface area contributed by atoms with Gasteiger partial charge in [0.1, 0.15) is 5.60 Å². The lowest BCUT2D eigenvalue weighted by atomic mass is 9.84. The Balaban J connectivity index is 1.33. The Morgan fingerprint density at radius 1 is 1.03 bits per heavy atom. The first-order valence-corrected chi connectivity index (χ1v) is 14.3. The number of amides is 2. The Morgan fingerprint density at radius 3 is 2.36 bits per heavy atom. The van der Waals surface area contributed by atoms with E-state index < -0.39 is 5.60 Å². The number of primary amides is 1. The maximum absolute atomic E-state index is 13.1. The summed E-state index contributed by atoms with van der Waals surface area (Å²) >= 11 is 0. The minimum Gasteiger partial charge on any atom is -0.444 e. The Bertz CT molecular complexity index is 876. The zero-order valence-electron chi connectivity index (χ0n) is 22.7. The van der Waals surface area contributed by atoms with Crippen LogP contribution in [-0.4, -0.2) is 59.1 Å². The molecular weight excluding hydrogens is 450 g/mol. The van der Waals surface area contributed by atoms with Gasteiger partial charge in [-0.05, 0) is 88.8 Å². The zero-order valence-corrected chi connectivity index (χ0v) is 22.7. The fourth-order valence-electron chi connectivity index (χ4n) is 6.76. The first-order chi connectivity index (χ1) is 17.2. The fraction of sp³-hybridized carbons (Fsp3) is 0.733. The Labute approximate surface area is 217 Å². The van der Waals surface area contributed by atoms with Gasteiger partial charge in [-0.15, -0.1) is 0 Å². The molecule has 36 heavy (non-hydrogen) atoms. The highest BCUT2D eigenvalue weighted by Crippen LogP contribution is 2.43. The molecule has 1 aliphatic carbocycles. The summed E-state index contributed by atoms with van der Waals surface area (Å²) in [5.41, 5.74) is 6.88. The van der Waals surface area contributed by atoms with Gasteiger partial charge in [0, 0.05) is 37.3 Å². The minimum absolute atomic E-state index is 0.170. The summed E-state index contributed by atoms with van der Waals surface area (Å²) < 4.78 is 5.79. The highest BCUT2D eigenvalue weighted by molar-refractivity contribution is 5.92. The van der Waals surface area contributed by atoms with E-state index in [0.29, 0.717) is 23.6 Å². The highest BCUT2D eigenvalue weighted by Gasteiger charge is 2.41. The molecule has 1 aromatic carbocycles. The molecule has 0 radical (unpaired) electrons. The first kappa shape index (κ1) is 27.0. The molecule has 0 aromatic heterocycles. The lowest BCUT2D eigenvalue weighted by Crippen LogP contribution is -2.47. The maximum atomic E-state index is 13.1. The number of nitrogens with two attached hydrogens (primary N) is 1. The lowest BCUT2D eigenvalue weighted by molar-refractivity contribution is 0.0197. The van der Waals surface area contributed by atoms with Gasteiger partial charge in [-0.25, -0.2) is 4.79 Å². The Hall–Kier alpha value is -2.08. The summed E-state index contributed by atoms with van der Waals surface area (Å²) in [7, 11) is 0. The zero-order chi connectivity index (χ0) is 25.7. The number of fused-ring (bicyclic) bond motifs is 2. The molecule has 3 fully saturated rings. The molecule has 2 amide bonds. The average molecular weight is 498 g/mol. The van der Waals surface area contributed by atoms with Crippen LogP contribution >= 0.6 is 0 Å². The Morgan fingerprint density at radius 2 is 1.72 bits per heavy atom. The molecule has 4 rings (SSSR count). The molecule has 1 saturated carbocycles. The topological polar surface area (TPSA) is 75.9 Å². The van der Waals surface area contributed by atoms with E-state index in [4.69, 9.17) is 10.5 Å². The molecule has 3 aliphatic rings. The molecule has 2 bridgehead atoms. The van der Waals surface area contributed by atoms with E-state index in [1.54, 1.807) is 6.07 Å². The van der Waals surface area contributed by atoms with Crippen molar-refractivity contribution in [3.8, 4) is 0 Å². The number of nitrogens with zero attached hydrogens (tertiary/aromatic N) is 2. The van der Waals surface area contributed by atoms with E-state index in [2.05, 4.69) is 11.0 Å². The van der Waals surface area contributed by atoms with Crippen molar-refractivity contribution in [3.63, 3.8) is 0 Å². The summed E-state index contributed by atoms with van der Waals surface area (Å²) in [6.45, 7) is 8.27. The molecular formula is C30H47N3O3. The van der Waals surface area contributed by atoms with Gasteiger partial charge in [-0.2, -0.15) is 0 Å². The van der Waals surface area contributed by atoms with Gasteiger partial charge in [0.2, 0.25) is 5.91 Å². The van der Waals surface area contributed by atoms with Crippen LogP contribution in [0.15, 0.2) is 24.3 Å². The van der Waals surface area contributed by atoms with Gasteiger partial charge < -0.3 is 15.4 Å². The van der Waals surface area contributed by atoms with Crippen molar-refractivity contribution in [2.75, 3.05) is 19.6 Å². The number of piperidine rings is 1. The molecule has 1 aromatic rings. The van der Waals surface area contributed by atoms with Gasteiger partial charge in [-0.3, -0.25) is 9.69 Å². The molecule has 6 nitrogen and oxygen atoms in total. The van der Waals surface area contributed by atoms with E-state index >= 15 is 0 Å². The standard InChI is InChI=1S/C30H47N3O3/c1-30(2,3)36-29(35)32(16-8-11-22-9-5-4-6-10-22)17-18-33-26-14-15-27(33)21-25(20-26)23-12-7-13-24(19-23)28(31)34/h7,12-13,19,22,25-27H,4-6,8-11,14-18,20-21H2,1-3H3,(H2,31,34). The van der Waals surface area contributed by atoms with Crippen molar-refractivity contribution in [1.82, 2.24) is 9.80 Å². The van der Waals surface area contributed by atoms with Crippen molar-refractivity contribution in [3.05, 3.63) is 35.4 Å². The van der Waals surface area contributed by atoms with Gasteiger partial charge in [0.25, 0.3) is 0 Å². The summed E-state index contributed by atoms with van der Waals surface area (Å²) in [5, 5.41) is 0. The molecule has 200 valence electrons. The van der Waals surface area contributed by atoms with E-state index in [9.17, 15) is 9.59 Å². The third kappa shape index (κ3) is 7.24. The van der Waals surface area contributed by atoms with E-state index in [0.717, 1.165) is 44.8 Å². The number of ether oxygens (including phenoxy) is 1. The smallest absolute Gasteiger partial charge is 0.410 e. The van der Waals surface area contributed by atoms with E-state index in [1.165, 1.54) is 56.9 Å². The van der Waals surface area contributed by atoms with Crippen LogP contribution < -0.4 is 5.73 Å². The van der Waals surface area contributed by atoms with Crippen LogP contribution in [0.25, 0.3) is 0 Å². The Kier molecular flexibility index (Phi) is 8.97. The van der Waals surface area contributed by atoms with Crippen molar-refractivity contribution in [2.45, 2.75) is 115 Å². The predicted molar refractivity (Wildman–Crippen MR) is 144 cm³/mol. The maximum Gasteiger partial charge on any atom is 0.410 e. The second-order valence-electron chi connectivity index (χ2n) is 12.4. The van der Waals surface area contributed by atoms with Crippen LogP contribution in [0.3, 0.4) is 0 Å². The van der Waals surface area contributed by atoms with Gasteiger partial charge in [-0.1, -0.05) is 44.2 Å². The third-order valence-corrected chi connectivity index (χ3v) is 8.57. The number of hydrogen-bond acceptors (Lipinski definition) is 4. The number of carbonyl (C=O) groups is 2. The molecule has 2 heterocycles. The predicted octanol–water partition coefficient (Wildman–Crippen LogP) is 6.09. The van der Waals surface area contributed by atoms with Gasteiger partial charge in [0.15, 0.2) is 0 Å². The number of hydrogen-bond donors (Lipinski definition) is 1. The monoisotopic (exact) mass is 497 g/mol. The molecule has 6 heteroatoms. The van der Waals surface area contributed by atoms with E-state index in [-0.39, 0.29) is 12.0 Å². The van der Waals surface area contributed by atoms with Crippen molar-refractivity contribution >= 4 is 12.0 Å². The van der Waals surface area contributed by atoms with Crippen LogP contribution in [0, 0.1) is 5.92 Å². The summed E-state index contributed by atoms with van der Waals surface area (Å²) in [6, 6.07) is 8.95. The van der Waals surface area contributed by atoms with Crippen molar-refractivity contribution in [2.24, 2.45) is 11.7 Å². The van der Waals surface area contributed by atoms with Crippen molar-refractivity contribution < 1.29 is 14.3 Å². The highest BCUT2D eigenvalue weighted by atomic mass is 16.6.